The van der Waals surface area contributed by atoms with Crippen LogP contribution in [0.2, 0.25) is 0 Å². The van der Waals surface area contributed by atoms with E-state index in [2.05, 4.69) is 5.10 Å². The van der Waals surface area contributed by atoms with Crippen LogP contribution in [0.1, 0.15) is 18.5 Å². The fourth-order valence-corrected chi connectivity index (χ4v) is 5.81. The minimum Gasteiger partial charge on any atom is -0.304 e. The van der Waals surface area contributed by atoms with Crippen LogP contribution in [-0.4, -0.2) is 29.9 Å². The van der Waals surface area contributed by atoms with Crippen LogP contribution < -0.4 is 10.0 Å². The summed E-state index contributed by atoms with van der Waals surface area (Å²) in [5.41, 5.74) is 3.00. The van der Waals surface area contributed by atoms with Crippen LogP contribution in [0.5, 0.6) is 0 Å². The van der Waals surface area contributed by atoms with Gasteiger partial charge in [-0.2, -0.15) is 5.10 Å². The molecule has 1 aliphatic heterocycles. The van der Waals surface area contributed by atoms with E-state index in [0.717, 1.165) is 16.5 Å². The highest BCUT2D eigenvalue weighted by atomic mass is 32.2. The first-order valence-corrected chi connectivity index (χ1v) is 12.6. The van der Waals surface area contributed by atoms with Crippen molar-refractivity contribution < 1.29 is 17.6 Å². The third-order valence-electron chi connectivity index (χ3n) is 6.42. The number of rotatable bonds is 5. The minimum absolute atomic E-state index is 0.159. The second-order valence-electron chi connectivity index (χ2n) is 8.62. The molecule has 3 aromatic carbocycles. The van der Waals surface area contributed by atoms with Crippen LogP contribution in [0.3, 0.4) is 0 Å². The van der Waals surface area contributed by atoms with Gasteiger partial charge in [-0.3, -0.25) is 4.79 Å². The lowest BCUT2D eigenvalue weighted by molar-refractivity contribution is -0.120. The highest BCUT2D eigenvalue weighted by Crippen LogP contribution is 2.45. The van der Waals surface area contributed by atoms with Crippen molar-refractivity contribution in [3.05, 3.63) is 90.4 Å². The molecule has 2 N–H and O–H groups in total. The molecule has 5 rings (SSSR count). The summed E-state index contributed by atoms with van der Waals surface area (Å²) in [4.78, 5) is 15.1. The van der Waals surface area contributed by atoms with Gasteiger partial charge in [-0.25, -0.2) is 22.6 Å². The quantitative estimate of drug-likeness (QED) is 0.472. The molecule has 0 radical (unpaired) electrons. The van der Waals surface area contributed by atoms with Crippen LogP contribution in [-0.2, 0) is 14.8 Å². The maximum atomic E-state index is 13.4. The Labute approximate surface area is 196 Å². The lowest BCUT2D eigenvalue weighted by atomic mass is 9.89. The number of hydrogen-bond donors (Lipinski definition) is 1. The Morgan fingerprint density at radius 1 is 1.00 bits per heavy atom. The zero-order chi connectivity index (χ0) is 24.0. The molecule has 0 spiro atoms. The average molecular weight is 479 g/mol. The number of carbonyl (C=O) groups excluding carboxylic acids is 1. The Morgan fingerprint density at radius 2 is 1.68 bits per heavy atom. The van der Waals surface area contributed by atoms with Gasteiger partial charge in [0.25, 0.3) is 0 Å². The Morgan fingerprint density at radius 3 is 2.35 bits per heavy atom. The van der Waals surface area contributed by atoms with Crippen LogP contribution in [0, 0.1) is 17.7 Å². The van der Waals surface area contributed by atoms with Crippen molar-refractivity contribution in [2.45, 2.75) is 13.0 Å². The van der Waals surface area contributed by atoms with Crippen LogP contribution in [0.25, 0.3) is 16.6 Å². The second-order valence-corrected chi connectivity index (χ2v) is 10.3. The van der Waals surface area contributed by atoms with Crippen molar-refractivity contribution in [2.75, 3.05) is 10.7 Å². The van der Waals surface area contributed by atoms with Gasteiger partial charge in [0.15, 0.2) is 0 Å². The second kappa shape index (κ2) is 8.34. The lowest BCUT2D eigenvalue weighted by Gasteiger charge is -2.29. The monoisotopic (exact) mass is 478 g/mol. The first kappa shape index (κ1) is 22.2. The smallest absolute Gasteiger partial charge is 0.230 e. The molecule has 1 saturated heterocycles. The van der Waals surface area contributed by atoms with E-state index in [-0.39, 0.29) is 17.5 Å². The predicted molar refractivity (Wildman–Crippen MR) is 128 cm³/mol. The summed E-state index contributed by atoms with van der Waals surface area (Å²) < 4.78 is 39.0. The number of fused-ring (bicyclic) bond motifs is 1. The molecule has 0 bridgehead atoms. The van der Waals surface area contributed by atoms with E-state index in [1.165, 1.54) is 12.1 Å². The Hall–Kier alpha value is -3.56. The highest BCUT2D eigenvalue weighted by Gasteiger charge is 2.48. The fourth-order valence-electron chi connectivity index (χ4n) is 4.80. The maximum absolute atomic E-state index is 13.4. The zero-order valence-electron chi connectivity index (χ0n) is 18.4. The molecule has 4 aromatic rings. The molecule has 9 heteroatoms. The molecule has 34 heavy (non-hydrogen) atoms. The standard InChI is InChI=1S/C25H23FN4O3S/c1-16-22(15-34(27,32)33)24(17-5-3-2-4-6-17)29(25(16)31)21-11-12-23-18(13-21)14-28-30(23)20-9-7-19(26)8-10-20/h2-14,16,22,24H,15H2,1H3,(H2,27,32,33). The van der Waals surface area contributed by atoms with Crippen LogP contribution in [0.4, 0.5) is 10.1 Å². The van der Waals surface area contributed by atoms with Crippen molar-refractivity contribution in [1.82, 2.24) is 9.78 Å². The Kier molecular flexibility index (Phi) is 5.45. The normalized spacial score (nSPS) is 20.9. The van der Waals surface area contributed by atoms with Gasteiger partial charge in [0.05, 0.1) is 29.2 Å². The van der Waals surface area contributed by atoms with Gasteiger partial charge < -0.3 is 4.90 Å². The molecule has 3 atom stereocenters. The third kappa shape index (κ3) is 3.97. The summed E-state index contributed by atoms with van der Waals surface area (Å²) in [7, 11) is -3.79. The summed E-state index contributed by atoms with van der Waals surface area (Å²) in [5, 5.41) is 10.6. The topological polar surface area (TPSA) is 98.3 Å². The predicted octanol–water partition coefficient (Wildman–Crippen LogP) is 3.79. The van der Waals surface area contributed by atoms with E-state index in [9.17, 15) is 17.6 Å². The third-order valence-corrected chi connectivity index (χ3v) is 7.27. The van der Waals surface area contributed by atoms with E-state index in [1.807, 2.05) is 48.5 Å². The molecule has 1 fully saturated rings. The number of hydrogen-bond acceptors (Lipinski definition) is 4. The van der Waals surface area contributed by atoms with Gasteiger partial charge in [-0.1, -0.05) is 37.3 Å². The molecular formula is C25H23FN4O3S. The number of anilines is 1. The summed E-state index contributed by atoms with van der Waals surface area (Å²) in [5.74, 6) is -1.80. The van der Waals surface area contributed by atoms with E-state index in [1.54, 1.807) is 34.8 Å². The van der Waals surface area contributed by atoms with Gasteiger partial charge in [0, 0.05) is 22.9 Å². The van der Waals surface area contributed by atoms with E-state index in [0.29, 0.717) is 11.4 Å². The number of nitrogens with zero attached hydrogens (tertiary/aromatic N) is 3. The molecule has 7 nitrogen and oxygen atoms in total. The molecule has 2 heterocycles. The summed E-state index contributed by atoms with van der Waals surface area (Å²) in [6.45, 7) is 1.75. The largest absolute Gasteiger partial charge is 0.304 e. The zero-order valence-corrected chi connectivity index (χ0v) is 19.2. The van der Waals surface area contributed by atoms with Gasteiger partial charge in [0.2, 0.25) is 15.9 Å². The van der Waals surface area contributed by atoms with Crippen molar-refractivity contribution in [3.8, 4) is 5.69 Å². The van der Waals surface area contributed by atoms with Gasteiger partial charge in [0.1, 0.15) is 5.82 Å². The molecule has 174 valence electrons. The van der Waals surface area contributed by atoms with Crippen molar-refractivity contribution in [3.63, 3.8) is 0 Å². The number of amides is 1. The van der Waals surface area contributed by atoms with Crippen molar-refractivity contribution in [1.29, 1.82) is 0 Å². The molecule has 0 saturated carbocycles. The molecule has 1 aliphatic rings. The summed E-state index contributed by atoms with van der Waals surface area (Å²) in [6, 6.07) is 20.5. The SMILES string of the molecule is CC1C(=O)N(c2ccc3c(cnn3-c3ccc(F)cc3)c2)C(c2ccccc2)C1CS(N)(=O)=O. The molecule has 0 aliphatic carbocycles. The van der Waals surface area contributed by atoms with Gasteiger partial charge in [-0.05, 0) is 48.0 Å². The lowest BCUT2D eigenvalue weighted by Crippen LogP contribution is -2.31. The average Bonchev–Trinajstić information content (AvgIpc) is 3.33. The number of halogens is 1. The minimum atomic E-state index is -3.79. The van der Waals surface area contributed by atoms with Gasteiger partial charge in [-0.15, -0.1) is 0 Å². The van der Waals surface area contributed by atoms with Crippen molar-refractivity contribution in [2.24, 2.45) is 17.0 Å². The van der Waals surface area contributed by atoms with Crippen molar-refractivity contribution >= 4 is 32.5 Å². The van der Waals surface area contributed by atoms with E-state index in [4.69, 9.17) is 5.14 Å². The maximum Gasteiger partial charge on any atom is 0.230 e. The highest BCUT2D eigenvalue weighted by molar-refractivity contribution is 7.89. The Balaban J connectivity index is 1.59. The molecular weight excluding hydrogens is 455 g/mol. The number of sulfonamides is 1. The van der Waals surface area contributed by atoms with Crippen LogP contribution in [0.15, 0.2) is 79.0 Å². The molecule has 3 unspecified atom stereocenters. The number of aromatic nitrogens is 2. The number of nitrogens with two attached hydrogens (primary N) is 1. The first-order valence-electron chi connectivity index (χ1n) is 10.9. The van der Waals surface area contributed by atoms with Crippen LogP contribution >= 0.6 is 0 Å². The van der Waals surface area contributed by atoms with E-state index >= 15 is 0 Å². The van der Waals surface area contributed by atoms with Gasteiger partial charge >= 0.3 is 0 Å². The molecule has 1 aromatic heterocycles. The fraction of sp³-hybridized carbons (Fsp3) is 0.200. The van der Waals surface area contributed by atoms with E-state index < -0.39 is 27.9 Å². The summed E-state index contributed by atoms with van der Waals surface area (Å²) in [6.07, 6.45) is 1.69. The number of benzene rings is 3. The Bertz CT molecular complexity index is 1470. The summed E-state index contributed by atoms with van der Waals surface area (Å²) >= 11 is 0. The molecule has 1 amide bonds. The number of primary sulfonamides is 1. The number of carbonyl (C=O) groups is 1. The first-order chi connectivity index (χ1) is 16.2.